The third-order valence-corrected chi connectivity index (χ3v) is 2.77. The lowest BCUT2D eigenvalue weighted by atomic mass is 10.1. The fourth-order valence-electron chi connectivity index (χ4n) is 1.97. The predicted molar refractivity (Wildman–Crippen MR) is 58.2 cm³/mol. The molecule has 0 radical (unpaired) electrons. The van der Waals surface area contributed by atoms with Crippen molar-refractivity contribution in [1.29, 1.82) is 0 Å². The minimum Gasteiger partial charge on any atom is -0.464 e. The Kier molecular flexibility index (Phi) is 1.99. The lowest BCUT2D eigenvalue weighted by molar-refractivity contribution is -0.529. The third-order valence-electron chi connectivity index (χ3n) is 2.77. The Balaban J connectivity index is 2.39. The third kappa shape index (κ3) is 1.42. The van der Waals surface area contributed by atoms with Crippen LogP contribution in [-0.2, 0) is 0 Å². The fraction of sp³-hybridized carbons (Fsp3) is 0.182. The van der Waals surface area contributed by atoms with Gasteiger partial charge >= 0.3 is 6.17 Å². The van der Waals surface area contributed by atoms with E-state index in [4.69, 9.17) is 4.42 Å². The van der Waals surface area contributed by atoms with Gasteiger partial charge in [0.25, 0.3) is 0 Å². The highest BCUT2D eigenvalue weighted by molar-refractivity contribution is 5.76. The Morgan fingerprint density at radius 2 is 2.24 bits per heavy atom. The first-order valence-electron chi connectivity index (χ1n) is 5.04. The van der Waals surface area contributed by atoms with Crippen molar-refractivity contribution in [3.8, 4) is 0 Å². The van der Waals surface area contributed by atoms with Crippen LogP contribution in [-0.4, -0.2) is 22.3 Å². The number of nitro groups is 1. The highest BCUT2D eigenvalue weighted by Crippen LogP contribution is 2.11. The van der Waals surface area contributed by atoms with E-state index in [0.29, 0.717) is 16.2 Å². The van der Waals surface area contributed by atoms with Crippen LogP contribution in [0.4, 0.5) is 0 Å². The van der Waals surface area contributed by atoms with Crippen molar-refractivity contribution in [1.82, 2.24) is 0 Å². The van der Waals surface area contributed by atoms with Gasteiger partial charge in [0.15, 0.2) is 6.10 Å². The average Bonchev–Trinajstić information content (AvgIpc) is 2.75. The molecule has 0 spiro atoms. The van der Waals surface area contributed by atoms with E-state index >= 15 is 0 Å². The Bertz CT molecular complexity index is 719. The van der Waals surface area contributed by atoms with Gasteiger partial charge in [0, 0.05) is 5.39 Å². The lowest BCUT2D eigenvalue weighted by Crippen LogP contribution is -2.42. The topological polar surface area (TPSA) is 88.9 Å². The number of rotatable bonds is 1. The fourth-order valence-corrected chi connectivity index (χ4v) is 1.97. The molecule has 3 rings (SSSR count). The van der Waals surface area contributed by atoms with Crippen molar-refractivity contribution in [2.75, 3.05) is 0 Å². The molecule has 0 amide bonds. The Morgan fingerprint density at radius 3 is 3.00 bits per heavy atom. The van der Waals surface area contributed by atoms with Gasteiger partial charge in [0.05, 0.1) is 16.5 Å². The Hall–Kier alpha value is -2.21. The van der Waals surface area contributed by atoms with E-state index in [2.05, 4.69) is 4.99 Å². The largest absolute Gasteiger partial charge is 0.464 e. The zero-order valence-corrected chi connectivity index (χ0v) is 8.61. The summed E-state index contributed by atoms with van der Waals surface area (Å²) in [6.07, 6.45) is 0.416. The van der Waals surface area contributed by atoms with Crippen molar-refractivity contribution < 1.29 is 14.4 Å². The first-order chi connectivity index (χ1) is 8.16. The summed E-state index contributed by atoms with van der Waals surface area (Å²) in [7, 11) is 0. The molecule has 0 saturated carbocycles. The minimum absolute atomic E-state index is 0.503. The monoisotopic (exact) mass is 232 g/mol. The van der Waals surface area contributed by atoms with Gasteiger partial charge in [-0.05, 0) is 29.5 Å². The van der Waals surface area contributed by atoms with Gasteiger partial charge in [-0.25, -0.2) is 4.99 Å². The number of furan rings is 1. The van der Waals surface area contributed by atoms with Crippen molar-refractivity contribution in [3.63, 3.8) is 0 Å². The van der Waals surface area contributed by atoms with Gasteiger partial charge in [-0.1, -0.05) is 0 Å². The molecule has 0 aliphatic carbocycles. The summed E-state index contributed by atoms with van der Waals surface area (Å²) < 4.78 is 5.20. The van der Waals surface area contributed by atoms with E-state index in [-0.39, 0.29) is 0 Å². The van der Waals surface area contributed by atoms with Crippen LogP contribution < -0.4 is 10.6 Å². The average molecular weight is 232 g/mol. The van der Waals surface area contributed by atoms with Crippen molar-refractivity contribution in [2.45, 2.75) is 12.3 Å². The number of aliphatic hydroxyl groups is 1. The summed E-state index contributed by atoms with van der Waals surface area (Å²) in [6, 6.07) is 5.18. The standard InChI is InChI=1S/C11H8N2O4/c14-8-5-6-1-2-9-7(3-4-17-9)10(6)12-11(8)13(15)16/h1-5,8,11,14H. The molecular weight excluding hydrogens is 224 g/mol. The summed E-state index contributed by atoms with van der Waals surface area (Å²) in [6.45, 7) is 0. The summed E-state index contributed by atoms with van der Waals surface area (Å²) in [5, 5.41) is 22.3. The van der Waals surface area contributed by atoms with Crippen LogP contribution in [0.1, 0.15) is 0 Å². The highest BCUT2D eigenvalue weighted by Gasteiger charge is 2.29. The summed E-state index contributed by atoms with van der Waals surface area (Å²) in [5.74, 6) is 0. The molecule has 2 heterocycles. The second-order valence-electron chi connectivity index (χ2n) is 3.82. The number of nitrogens with zero attached hydrogens (tertiary/aromatic N) is 2. The van der Waals surface area contributed by atoms with Crippen LogP contribution in [0.15, 0.2) is 33.9 Å². The van der Waals surface area contributed by atoms with Gasteiger partial charge < -0.3 is 9.52 Å². The SMILES string of the molecule is O=[N+]([O-])C1N=c2c(ccc3occc23)=CC1O. The van der Waals surface area contributed by atoms with E-state index in [0.717, 1.165) is 5.39 Å². The normalized spacial score (nSPS) is 22.6. The van der Waals surface area contributed by atoms with Crippen molar-refractivity contribution >= 4 is 17.0 Å². The summed E-state index contributed by atoms with van der Waals surface area (Å²) in [5.41, 5.74) is 0.624. The molecule has 1 aromatic heterocycles. The van der Waals surface area contributed by atoms with Gasteiger partial charge in [0.1, 0.15) is 5.58 Å². The van der Waals surface area contributed by atoms with Crippen LogP contribution in [0.2, 0.25) is 0 Å². The maximum atomic E-state index is 10.8. The second kappa shape index (κ2) is 3.39. The number of hydrogen-bond donors (Lipinski definition) is 1. The van der Waals surface area contributed by atoms with Crippen LogP contribution in [0, 0.1) is 10.1 Å². The van der Waals surface area contributed by atoms with Crippen LogP contribution >= 0.6 is 0 Å². The molecule has 1 aliphatic rings. The van der Waals surface area contributed by atoms with Crippen LogP contribution in [0.5, 0.6) is 0 Å². The molecule has 17 heavy (non-hydrogen) atoms. The summed E-state index contributed by atoms with van der Waals surface area (Å²) in [4.78, 5) is 14.1. The maximum Gasteiger partial charge on any atom is 0.333 e. The molecule has 1 N–H and O–H groups in total. The molecule has 86 valence electrons. The smallest absolute Gasteiger partial charge is 0.333 e. The highest BCUT2D eigenvalue weighted by atomic mass is 16.6. The molecule has 1 aromatic carbocycles. The van der Waals surface area contributed by atoms with E-state index in [1.165, 1.54) is 12.3 Å². The Labute approximate surface area is 94.6 Å². The molecule has 6 nitrogen and oxygen atoms in total. The van der Waals surface area contributed by atoms with Gasteiger partial charge in [-0.3, -0.25) is 10.1 Å². The molecule has 0 saturated heterocycles. The second-order valence-corrected chi connectivity index (χ2v) is 3.82. The molecule has 0 bridgehead atoms. The number of benzene rings is 1. The Morgan fingerprint density at radius 1 is 1.41 bits per heavy atom. The van der Waals surface area contributed by atoms with E-state index in [1.807, 2.05) is 0 Å². The lowest BCUT2D eigenvalue weighted by Gasteiger charge is -2.12. The quantitative estimate of drug-likeness (QED) is 0.545. The molecule has 6 heteroatoms. The van der Waals surface area contributed by atoms with Crippen LogP contribution in [0.3, 0.4) is 0 Å². The molecular formula is C11H8N2O4. The van der Waals surface area contributed by atoms with E-state index in [1.54, 1.807) is 18.2 Å². The molecule has 2 unspecified atom stereocenters. The van der Waals surface area contributed by atoms with E-state index < -0.39 is 17.2 Å². The number of aliphatic hydroxyl groups excluding tert-OH is 1. The molecule has 2 aromatic rings. The zero-order valence-electron chi connectivity index (χ0n) is 8.61. The predicted octanol–water partition coefficient (Wildman–Crippen LogP) is -0.190. The van der Waals surface area contributed by atoms with Gasteiger partial charge in [-0.15, -0.1) is 0 Å². The first-order valence-corrected chi connectivity index (χ1v) is 5.04. The van der Waals surface area contributed by atoms with Gasteiger partial charge in [-0.2, -0.15) is 0 Å². The van der Waals surface area contributed by atoms with Crippen molar-refractivity contribution in [2.24, 2.45) is 4.99 Å². The molecule has 1 aliphatic heterocycles. The van der Waals surface area contributed by atoms with Crippen molar-refractivity contribution in [3.05, 3.63) is 45.2 Å². The summed E-state index contributed by atoms with van der Waals surface area (Å²) >= 11 is 0. The maximum absolute atomic E-state index is 10.8. The minimum atomic E-state index is -1.34. The molecule has 0 fully saturated rings. The van der Waals surface area contributed by atoms with E-state index in [9.17, 15) is 15.2 Å². The zero-order chi connectivity index (χ0) is 12.0. The van der Waals surface area contributed by atoms with Gasteiger partial charge in [0.2, 0.25) is 0 Å². The first kappa shape index (κ1) is 9.98. The molecule has 2 atom stereocenters. The van der Waals surface area contributed by atoms with Crippen LogP contribution in [0.25, 0.3) is 17.0 Å². The number of fused-ring (bicyclic) bond motifs is 3. The number of hydrogen-bond acceptors (Lipinski definition) is 5.